The Morgan fingerprint density at radius 1 is 0.917 bits per heavy atom. The topological polar surface area (TPSA) is 85.2 Å². The zero-order chi connectivity index (χ0) is 26.8. The first-order valence-corrected chi connectivity index (χ1v) is 13.8. The van der Waals surface area contributed by atoms with Crippen LogP contribution in [0.4, 0.5) is 0 Å². The zero-order valence-electron chi connectivity index (χ0n) is 23.3. The number of rotatable bonds is 20. The van der Waals surface area contributed by atoms with Gasteiger partial charge in [0.1, 0.15) is 17.1 Å². The van der Waals surface area contributed by atoms with Crippen molar-refractivity contribution in [3.63, 3.8) is 0 Å². The van der Waals surface area contributed by atoms with E-state index in [4.69, 9.17) is 14.2 Å². The van der Waals surface area contributed by atoms with Crippen LogP contribution in [-0.2, 0) is 20.9 Å². The molecule has 0 saturated carbocycles. The van der Waals surface area contributed by atoms with Crippen LogP contribution >= 0.6 is 0 Å². The fourth-order valence-electron chi connectivity index (χ4n) is 4.43. The summed E-state index contributed by atoms with van der Waals surface area (Å²) >= 11 is 0. The van der Waals surface area contributed by atoms with Crippen LogP contribution in [0.25, 0.3) is 0 Å². The molecule has 0 spiro atoms. The van der Waals surface area contributed by atoms with E-state index in [-0.39, 0.29) is 29.8 Å². The molecule has 1 aromatic carbocycles. The maximum Gasteiger partial charge on any atom is 0.339 e. The Bertz CT molecular complexity index is 734. The first-order valence-electron chi connectivity index (χ1n) is 13.8. The molecule has 1 rings (SSSR count). The quantitative estimate of drug-likeness (QED) is 0.113. The Morgan fingerprint density at radius 2 is 1.50 bits per heavy atom. The van der Waals surface area contributed by atoms with Crippen LogP contribution in [0.2, 0.25) is 0 Å². The minimum atomic E-state index is -0.636. The van der Waals surface area contributed by atoms with Gasteiger partial charge in [-0.3, -0.25) is 0 Å². The minimum Gasteiger partial charge on any atom is -0.511 e. The van der Waals surface area contributed by atoms with Gasteiger partial charge in [-0.2, -0.15) is 0 Å². The normalized spacial score (nSPS) is 13.9. The van der Waals surface area contributed by atoms with Crippen molar-refractivity contribution in [2.24, 2.45) is 17.8 Å². The van der Waals surface area contributed by atoms with E-state index in [0.29, 0.717) is 19.1 Å². The van der Waals surface area contributed by atoms with Crippen LogP contribution in [0.5, 0.6) is 5.75 Å². The van der Waals surface area contributed by atoms with Gasteiger partial charge in [-0.15, -0.1) is 0 Å². The lowest BCUT2D eigenvalue weighted by atomic mass is 9.79. The largest absolute Gasteiger partial charge is 0.511 e. The first kappa shape index (κ1) is 32.0. The van der Waals surface area contributed by atoms with Gasteiger partial charge in [-0.1, -0.05) is 78.4 Å². The number of hydrogen-bond acceptors (Lipinski definition) is 6. The molecule has 0 aliphatic carbocycles. The number of allylic oxidation sites excluding steroid dienone is 1. The summed E-state index contributed by atoms with van der Waals surface area (Å²) in [4.78, 5) is 12.9. The van der Waals surface area contributed by atoms with Gasteiger partial charge in [0.25, 0.3) is 0 Å². The highest BCUT2D eigenvalue weighted by atomic mass is 16.5. The van der Waals surface area contributed by atoms with Crippen molar-refractivity contribution >= 4 is 5.97 Å². The predicted molar refractivity (Wildman–Crippen MR) is 145 cm³/mol. The molecule has 0 aliphatic heterocycles. The molecular formula is C30H50O6. The molecule has 0 fully saturated rings. The standard InChI is InChI=1S/C30H50O6/c1-6-9-12-25(13-10-7-2)27(14-11-8-3)29(32)28(19-31)30(33)36-21-23(4)20-35-22-24-15-17-26(34-5)18-16-24/h15-18,23,25,27,31-32H,6-14,19-22H2,1-5H3. The smallest absolute Gasteiger partial charge is 0.339 e. The molecule has 0 saturated heterocycles. The van der Waals surface area contributed by atoms with Crippen LogP contribution < -0.4 is 4.74 Å². The predicted octanol–water partition coefficient (Wildman–Crippen LogP) is 7.00. The van der Waals surface area contributed by atoms with Gasteiger partial charge in [0.05, 0.1) is 33.5 Å². The molecule has 6 nitrogen and oxygen atoms in total. The van der Waals surface area contributed by atoms with Gasteiger partial charge in [-0.05, 0) is 42.9 Å². The van der Waals surface area contributed by atoms with Gasteiger partial charge in [-0.25, -0.2) is 4.79 Å². The molecule has 2 unspecified atom stereocenters. The average molecular weight is 507 g/mol. The van der Waals surface area contributed by atoms with E-state index < -0.39 is 12.6 Å². The molecule has 0 heterocycles. The van der Waals surface area contributed by atoms with Crippen LogP contribution in [0.3, 0.4) is 0 Å². The Hall–Kier alpha value is -2.05. The summed E-state index contributed by atoms with van der Waals surface area (Å²) in [5, 5.41) is 21.2. The summed E-state index contributed by atoms with van der Waals surface area (Å²) in [5.74, 6) is 0.347. The molecule has 2 atom stereocenters. The Morgan fingerprint density at radius 3 is 2.03 bits per heavy atom. The molecule has 0 bridgehead atoms. The van der Waals surface area contributed by atoms with E-state index in [2.05, 4.69) is 20.8 Å². The summed E-state index contributed by atoms with van der Waals surface area (Å²) in [6, 6.07) is 7.69. The Kier molecular flexibility index (Phi) is 17.0. The number of carbonyl (C=O) groups excluding carboxylic acids is 1. The lowest BCUT2D eigenvalue weighted by molar-refractivity contribution is -0.141. The number of ether oxygens (including phenoxy) is 3. The second-order valence-corrected chi connectivity index (χ2v) is 9.88. The number of carbonyl (C=O) groups is 1. The molecule has 0 radical (unpaired) electrons. The number of hydrogen-bond donors (Lipinski definition) is 2. The van der Waals surface area contributed by atoms with Crippen molar-refractivity contribution in [3.05, 3.63) is 41.2 Å². The van der Waals surface area contributed by atoms with Gasteiger partial charge in [0.15, 0.2) is 0 Å². The van der Waals surface area contributed by atoms with Gasteiger partial charge < -0.3 is 24.4 Å². The average Bonchev–Trinajstić information content (AvgIpc) is 2.89. The second-order valence-electron chi connectivity index (χ2n) is 9.88. The highest BCUT2D eigenvalue weighted by Gasteiger charge is 2.29. The Balaban J connectivity index is 2.76. The fourth-order valence-corrected chi connectivity index (χ4v) is 4.43. The second kappa shape index (κ2) is 19.1. The molecule has 0 aliphatic rings. The number of esters is 1. The molecule has 36 heavy (non-hydrogen) atoms. The lowest BCUT2D eigenvalue weighted by Gasteiger charge is -2.28. The summed E-state index contributed by atoms with van der Waals surface area (Å²) < 4.78 is 16.4. The first-order chi connectivity index (χ1) is 17.4. The van der Waals surface area contributed by atoms with Gasteiger partial charge in [0, 0.05) is 11.8 Å². The third-order valence-electron chi connectivity index (χ3n) is 6.69. The van der Waals surface area contributed by atoms with E-state index in [9.17, 15) is 15.0 Å². The van der Waals surface area contributed by atoms with Crippen molar-refractivity contribution in [1.82, 2.24) is 0 Å². The van der Waals surface area contributed by atoms with Crippen molar-refractivity contribution in [3.8, 4) is 5.75 Å². The van der Waals surface area contributed by atoms with Crippen LogP contribution in [0.15, 0.2) is 35.6 Å². The maximum absolute atomic E-state index is 12.9. The monoisotopic (exact) mass is 506 g/mol. The number of aliphatic hydroxyl groups is 2. The highest BCUT2D eigenvalue weighted by Crippen LogP contribution is 2.34. The SMILES string of the molecule is CCCCC(CCCC)C(CCCC)C(O)=C(CO)C(=O)OCC(C)COCc1ccc(OC)cc1. The van der Waals surface area contributed by atoms with E-state index in [1.54, 1.807) is 7.11 Å². The van der Waals surface area contributed by atoms with E-state index in [0.717, 1.165) is 69.1 Å². The minimum absolute atomic E-state index is 0.000418. The summed E-state index contributed by atoms with van der Waals surface area (Å²) in [5.41, 5.74) is 1.04. The van der Waals surface area contributed by atoms with Crippen molar-refractivity contribution in [2.45, 2.75) is 92.1 Å². The van der Waals surface area contributed by atoms with Gasteiger partial charge >= 0.3 is 5.97 Å². The molecular weight excluding hydrogens is 456 g/mol. The number of benzene rings is 1. The summed E-state index contributed by atoms with van der Waals surface area (Å²) in [7, 11) is 1.63. The van der Waals surface area contributed by atoms with Gasteiger partial charge in [0.2, 0.25) is 0 Å². The molecule has 0 aromatic heterocycles. The van der Waals surface area contributed by atoms with Crippen LogP contribution in [0, 0.1) is 17.8 Å². The lowest BCUT2D eigenvalue weighted by Crippen LogP contribution is -2.24. The van der Waals surface area contributed by atoms with Crippen LogP contribution in [0.1, 0.15) is 91.0 Å². The highest BCUT2D eigenvalue weighted by molar-refractivity contribution is 5.89. The van der Waals surface area contributed by atoms with Crippen molar-refractivity contribution in [1.29, 1.82) is 0 Å². The summed E-state index contributed by atoms with van der Waals surface area (Å²) in [6.45, 7) is 8.94. The molecule has 0 amide bonds. The third kappa shape index (κ3) is 11.8. The van der Waals surface area contributed by atoms with E-state index in [1.165, 1.54) is 0 Å². The van der Waals surface area contributed by atoms with E-state index >= 15 is 0 Å². The maximum atomic E-state index is 12.9. The zero-order valence-corrected chi connectivity index (χ0v) is 23.3. The van der Waals surface area contributed by atoms with Crippen molar-refractivity contribution in [2.75, 3.05) is 26.9 Å². The Labute approximate surface area is 219 Å². The fraction of sp³-hybridized carbons (Fsp3) is 0.700. The number of aliphatic hydroxyl groups excluding tert-OH is 2. The van der Waals surface area contributed by atoms with E-state index in [1.807, 2.05) is 31.2 Å². The van der Waals surface area contributed by atoms with Crippen LogP contribution in [-0.4, -0.2) is 43.1 Å². The molecule has 6 heteroatoms. The third-order valence-corrected chi connectivity index (χ3v) is 6.69. The molecule has 2 N–H and O–H groups in total. The molecule has 206 valence electrons. The molecule has 1 aromatic rings. The summed E-state index contributed by atoms with van der Waals surface area (Å²) in [6.07, 6.45) is 9.23. The number of unbranched alkanes of at least 4 members (excludes halogenated alkanes) is 3. The van der Waals surface area contributed by atoms with Crippen molar-refractivity contribution < 1.29 is 29.2 Å². The number of methoxy groups -OCH3 is 1.